The van der Waals surface area contributed by atoms with E-state index in [9.17, 15) is 0 Å². The topological polar surface area (TPSA) is 24.9 Å². The predicted molar refractivity (Wildman–Crippen MR) is 60.6 cm³/mol. The zero-order valence-corrected chi connectivity index (χ0v) is 9.68. The summed E-state index contributed by atoms with van der Waals surface area (Å²) in [5.41, 5.74) is 0. The van der Waals surface area contributed by atoms with Crippen LogP contribution in [0.25, 0.3) is 0 Å². The molecule has 0 amide bonds. The second kappa shape index (κ2) is 4.41. The van der Waals surface area contributed by atoms with Crippen LogP contribution in [0.4, 0.5) is 0 Å². The second-order valence-corrected chi connectivity index (χ2v) is 5.20. The van der Waals surface area contributed by atoms with Gasteiger partial charge in [-0.05, 0) is 31.7 Å². The van der Waals surface area contributed by atoms with Gasteiger partial charge in [0.1, 0.15) is 0 Å². The Balaban J connectivity index is 1.94. The van der Waals surface area contributed by atoms with Crippen molar-refractivity contribution in [1.82, 2.24) is 10.3 Å². The van der Waals surface area contributed by atoms with Gasteiger partial charge in [-0.25, -0.2) is 4.98 Å². The summed E-state index contributed by atoms with van der Waals surface area (Å²) in [5, 5.41) is 6.78. The van der Waals surface area contributed by atoms with E-state index in [0.717, 1.165) is 17.9 Å². The van der Waals surface area contributed by atoms with Crippen LogP contribution in [-0.4, -0.2) is 18.1 Å². The first-order valence-corrected chi connectivity index (χ1v) is 6.25. The molecule has 0 aliphatic heterocycles. The van der Waals surface area contributed by atoms with Crippen molar-refractivity contribution < 1.29 is 0 Å². The molecule has 2 nitrogen and oxygen atoms in total. The van der Waals surface area contributed by atoms with Gasteiger partial charge in [-0.15, -0.1) is 11.3 Å². The van der Waals surface area contributed by atoms with Crippen LogP contribution in [0, 0.1) is 11.8 Å². The predicted octanol–water partition coefficient (Wildman–Crippen LogP) is 2.32. The minimum Gasteiger partial charge on any atom is -0.317 e. The molecule has 78 valence electrons. The third-order valence-corrected chi connectivity index (χ3v) is 4.32. The fraction of sp³-hybridized carbons (Fsp3) is 0.727. The highest BCUT2D eigenvalue weighted by atomic mass is 32.1. The van der Waals surface area contributed by atoms with E-state index in [1.807, 2.05) is 6.20 Å². The molecule has 1 aromatic heterocycles. The molecule has 1 aromatic rings. The molecule has 3 unspecified atom stereocenters. The van der Waals surface area contributed by atoms with Crippen molar-refractivity contribution in [3.05, 3.63) is 16.6 Å². The van der Waals surface area contributed by atoms with Crippen LogP contribution in [0.2, 0.25) is 0 Å². The molecule has 1 aliphatic carbocycles. The van der Waals surface area contributed by atoms with Gasteiger partial charge in [0.15, 0.2) is 0 Å². The summed E-state index contributed by atoms with van der Waals surface area (Å²) in [4.78, 5) is 4.36. The summed E-state index contributed by atoms with van der Waals surface area (Å²) in [6.07, 6.45) is 5.77. The fourth-order valence-corrected chi connectivity index (χ4v) is 3.23. The first-order chi connectivity index (χ1) is 6.81. The van der Waals surface area contributed by atoms with Crippen molar-refractivity contribution in [3.8, 4) is 0 Å². The maximum absolute atomic E-state index is 4.36. The van der Waals surface area contributed by atoms with Crippen LogP contribution >= 0.6 is 11.3 Å². The molecule has 2 rings (SSSR count). The van der Waals surface area contributed by atoms with E-state index in [0.29, 0.717) is 0 Å². The van der Waals surface area contributed by atoms with Gasteiger partial charge in [-0.1, -0.05) is 6.92 Å². The minimum atomic E-state index is 0.722. The normalized spacial score (nSPS) is 32.3. The highest BCUT2D eigenvalue weighted by molar-refractivity contribution is 7.09. The molecule has 1 N–H and O–H groups in total. The Kier molecular flexibility index (Phi) is 3.19. The van der Waals surface area contributed by atoms with E-state index >= 15 is 0 Å². The molecule has 1 saturated carbocycles. The molecule has 3 atom stereocenters. The molecule has 1 aliphatic rings. The highest BCUT2D eigenvalue weighted by Gasteiger charge is 2.31. The van der Waals surface area contributed by atoms with Crippen molar-refractivity contribution >= 4 is 11.3 Å². The quantitative estimate of drug-likeness (QED) is 0.828. The lowest BCUT2D eigenvalue weighted by atomic mass is 9.93. The molecule has 0 saturated heterocycles. The minimum absolute atomic E-state index is 0.722. The van der Waals surface area contributed by atoms with Crippen LogP contribution in [-0.2, 0) is 6.42 Å². The van der Waals surface area contributed by atoms with E-state index in [4.69, 9.17) is 0 Å². The standard InChI is InChI=1S/C11H18N2S/c1-8-9(3-4-10(8)12-2)7-11-13-5-6-14-11/h5-6,8-10,12H,3-4,7H2,1-2H3. The molecule has 14 heavy (non-hydrogen) atoms. The van der Waals surface area contributed by atoms with Gasteiger partial charge in [-0.2, -0.15) is 0 Å². The van der Waals surface area contributed by atoms with Crippen molar-refractivity contribution in [2.24, 2.45) is 11.8 Å². The Morgan fingerprint density at radius 3 is 3.00 bits per heavy atom. The van der Waals surface area contributed by atoms with Crippen molar-refractivity contribution in [2.75, 3.05) is 7.05 Å². The van der Waals surface area contributed by atoms with Crippen molar-refractivity contribution in [1.29, 1.82) is 0 Å². The average Bonchev–Trinajstić information content (AvgIpc) is 2.79. The third-order valence-electron chi connectivity index (χ3n) is 3.52. The van der Waals surface area contributed by atoms with Crippen molar-refractivity contribution in [2.45, 2.75) is 32.2 Å². The zero-order valence-electron chi connectivity index (χ0n) is 8.86. The lowest BCUT2D eigenvalue weighted by molar-refractivity contribution is 0.363. The highest BCUT2D eigenvalue weighted by Crippen LogP contribution is 2.34. The summed E-state index contributed by atoms with van der Waals surface area (Å²) in [6, 6.07) is 0.722. The van der Waals surface area contributed by atoms with Gasteiger partial charge in [-0.3, -0.25) is 0 Å². The Labute approximate surface area is 89.8 Å². The summed E-state index contributed by atoms with van der Waals surface area (Å²) in [5.74, 6) is 1.63. The number of hydrogen-bond donors (Lipinski definition) is 1. The van der Waals surface area contributed by atoms with E-state index in [1.165, 1.54) is 24.3 Å². The Bertz CT molecular complexity index is 271. The Hall–Kier alpha value is -0.410. The van der Waals surface area contributed by atoms with Gasteiger partial charge in [0.05, 0.1) is 5.01 Å². The first kappa shape index (κ1) is 10.1. The second-order valence-electron chi connectivity index (χ2n) is 4.22. The van der Waals surface area contributed by atoms with Crippen LogP contribution in [0.5, 0.6) is 0 Å². The number of nitrogens with zero attached hydrogens (tertiary/aromatic N) is 1. The smallest absolute Gasteiger partial charge is 0.0927 e. The fourth-order valence-electron chi connectivity index (χ4n) is 2.52. The number of nitrogens with one attached hydrogen (secondary N) is 1. The van der Waals surface area contributed by atoms with E-state index in [-0.39, 0.29) is 0 Å². The van der Waals surface area contributed by atoms with E-state index in [2.05, 4.69) is 29.7 Å². The van der Waals surface area contributed by atoms with Gasteiger partial charge in [0.2, 0.25) is 0 Å². The van der Waals surface area contributed by atoms with E-state index < -0.39 is 0 Å². The van der Waals surface area contributed by atoms with Gasteiger partial charge in [0, 0.05) is 24.0 Å². The Morgan fingerprint density at radius 1 is 1.57 bits per heavy atom. The molecular weight excluding hydrogens is 192 g/mol. The molecule has 1 heterocycles. The summed E-state index contributed by atoms with van der Waals surface area (Å²) in [7, 11) is 2.08. The summed E-state index contributed by atoms with van der Waals surface area (Å²) < 4.78 is 0. The largest absolute Gasteiger partial charge is 0.317 e. The van der Waals surface area contributed by atoms with Crippen molar-refractivity contribution in [3.63, 3.8) is 0 Å². The van der Waals surface area contributed by atoms with Crippen LogP contribution in [0.1, 0.15) is 24.8 Å². The molecule has 3 heteroatoms. The molecule has 0 spiro atoms. The SMILES string of the molecule is CNC1CCC(Cc2nccs2)C1C. The molecular formula is C11H18N2S. The van der Waals surface area contributed by atoms with Gasteiger partial charge < -0.3 is 5.32 Å². The molecule has 0 radical (unpaired) electrons. The number of thiazole rings is 1. The van der Waals surface area contributed by atoms with Crippen LogP contribution < -0.4 is 5.32 Å². The first-order valence-electron chi connectivity index (χ1n) is 5.37. The van der Waals surface area contributed by atoms with Crippen LogP contribution in [0.3, 0.4) is 0 Å². The van der Waals surface area contributed by atoms with E-state index in [1.54, 1.807) is 11.3 Å². The molecule has 0 bridgehead atoms. The number of rotatable bonds is 3. The average molecular weight is 210 g/mol. The molecule has 0 aromatic carbocycles. The lowest BCUT2D eigenvalue weighted by Crippen LogP contribution is -2.29. The zero-order chi connectivity index (χ0) is 9.97. The monoisotopic (exact) mass is 210 g/mol. The number of hydrogen-bond acceptors (Lipinski definition) is 3. The maximum atomic E-state index is 4.36. The van der Waals surface area contributed by atoms with Gasteiger partial charge >= 0.3 is 0 Å². The lowest BCUT2D eigenvalue weighted by Gasteiger charge is -2.19. The third kappa shape index (κ3) is 1.98. The Morgan fingerprint density at radius 2 is 2.43 bits per heavy atom. The number of aromatic nitrogens is 1. The molecule has 1 fully saturated rings. The maximum Gasteiger partial charge on any atom is 0.0927 e. The summed E-state index contributed by atoms with van der Waals surface area (Å²) >= 11 is 1.79. The summed E-state index contributed by atoms with van der Waals surface area (Å²) in [6.45, 7) is 2.37. The van der Waals surface area contributed by atoms with Gasteiger partial charge in [0.25, 0.3) is 0 Å². The van der Waals surface area contributed by atoms with Crippen LogP contribution in [0.15, 0.2) is 11.6 Å².